The second-order valence-electron chi connectivity index (χ2n) is 6.20. The van der Waals surface area contributed by atoms with Gasteiger partial charge in [-0.25, -0.2) is 0 Å². The van der Waals surface area contributed by atoms with Crippen molar-refractivity contribution < 1.29 is 14.3 Å². The number of rotatable bonds is 4. The zero-order valence-electron chi connectivity index (χ0n) is 15.1. The summed E-state index contributed by atoms with van der Waals surface area (Å²) in [5.41, 5.74) is 5.38. The summed E-state index contributed by atoms with van der Waals surface area (Å²) >= 11 is 0. The van der Waals surface area contributed by atoms with Crippen LogP contribution in [0.5, 0.6) is 11.5 Å². The smallest absolute Gasteiger partial charge is 0.272 e. The minimum absolute atomic E-state index is 0.191. The maximum absolute atomic E-state index is 12.7. The first kappa shape index (κ1) is 16.9. The number of benzene rings is 2. The Morgan fingerprint density at radius 3 is 2.28 bits per heavy atom. The van der Waals surface area contributed by atoms with Crippen LogP contribution in [-0.4, -0.2) is 25.1 Å². The molecule has 3 aromatic rings. The van der Waals surface area contributed by atoms with Crippen LogP contribution in [0, 0.1) is 20.8 Å². The third kappa shape index (κ3) is 3.18. The molecule has 3 rings (SSSR count). The second kappa shape index (κ2) is 6.51. The fraction of sp³-hybridized carbons (Fsp3) is 0.250. The molecule has 2 N–H and O–H groups in total. The molecule has 2 aromatic carbocycles. The van der Waals surface area contributed by atoms with Gasteiger partial charge in [0.25, 0.3) is 5.91 Å². The average molecular weight is 338 g/mol. The Morgan fingerprint density at radius 1 is 0.920 bits per heavy atom. The zero-order chi connectivity index (χ0) is 18.1. The number of methoxy groups -OCH3 is 2. The molecular formula is C20H22N2O3. The van der Waals surface area contributed by atoms with Crippen LogP contribution < -0.4 is 14.8 Å². The van der Waals surface area contributed by atoms with E-state index in [-0.39, 0.29) is 5.91 Å². The number of hydrogen-bond acceptors (Lipinski definition) is 3. The average Bonchev–Trinajstić information content (AvgIpc) is 3.00. The lowest BCUT2D eigenvalue weighted by atomic mass is 10.1. The maximum Gasteiger partial charge on any atom is 0.272 e. The second-order valence-corrected chi connectivity index (χ2v) is 6.20. The number of ether oxygens (including phenoxy) is 2. The van der Waals surface area contributed by atoms with E-state index in [4.69, 9.17) is 9.47 Å². The minimum atomic E-state index is -0.191. The number of amides is 1. The monoisotopic (exact) mass is 338 g/mol. The number of hydrogen-bond donors (Lipinski definition) is 2. The van der Waals surface area contributed by atoms with Gasteiger partial charge in [-0.05, 0) is 55.7 Å². The molecule has 0 atom stereocenters. The Morgan fingerprint density at radius 2 is 1.60 bits per heavy atom. The van der Waals surface area contributed by atoms with Crippen molar-refractivity contribution in [1.82, 2.24) is 4.98 Å². The molecule has 0 radical (unpaired) electrons. The summed E-state index contributed by atoms with van der Waals surface area (Å²) in [6.45, 7) is 6.00. The van der Waals surface area contributed by atoms with Gasteiger partial charge in [-0.1, -0.05) is 6.07 Å². The number of aryl methyl sites for hydroxylation is 3. The fourth-order valence-electron chi connectivity index (χ4n) is 3.03. The molecule has 5 nitrogen and oxygen atoms in total. The largest absolute Gasteiger partial charge is 0.493 e. The highest BCUT2D eigenvalue weighted by atomic mass is 16.5. The Labute approximate surface area is 147 Å². The van der Waals surface area contributed by atoms with E-state index in [9.17, 15) is 4.79 Å². The van der Waals surface area contributed by atoms with E-state index >= 15 is 0 Å². The first-order chi connectivity index (χ1) is 11.9. The molecule has 0 saturated heterocycles. The van der Waals surface area contributed by atoms with Gasteiger partial charge in [-0.2, -0.15) is 0 Å². The molecule has 0 saturated carbocycles. The zero-order valence-corrected chi connectivity index (χ0v) is 15.1. The van der Waals surface area contributed by atoms with Gasteiger partial charge in [-0.3, -0.25) is 4.79 Å². The predicted molar refractivity (Wildman–Crippen MR) is 100 cm³/mol. The molecule has 0 bridgehead atoms. The van der Waals surface area contributed by atoms with Crippen LogP contribution in [0.15, 0.2) is 30.3 Å². The number of fused-ring (bicyclic) bond motifs is 1. The Balaban J connectivity index is 1.94. The quantitative estimate of drug-likeness (QED) is 0.743. The van der Waals surface area contributed by atoms with Gasteiger partial charge in [0.1, 0.15) is 5.69 Å². The molecular weight excluding hydrogens is 316 g/mol. The standard InChI is InChI=1S/C20H22N2O3/c1-11-6-12(2)14-9-17(21-16(14)7-11)20(23)22-15-10-19(25-5)18(24-4)8-13(15)3/h6-10,21H,1-5H3,(H,22,23). The van der Waals surface area contributed by atoms with Crippen molar-refractivity contribution in [2.45, 2.75) is 20.8 Å². The summed E-state index contributed by atoms with van der Waals surface area (Å²) in [4.78, 5) is 15.9. The number of anilines is 1. The maximum atomic E-state index is 12.7. The first-order valence-corrected chi connectivity index (χ1v) is 8.07. The number of aromatic nitrogens is 1. The van der Waals surface area contributed by atoms with Crippen molar-refractivity contribution in [3.8, 4) is 11.5 Å². The first-order valence-electron chi connectivity index (χ1n) is 8.07. The molecule has 0 spiro atoms. The summed E-state index contributed by atoms with van der Waals surface area (Å²) in [6.07, 6.45) is 0. The van der Waals surface area contributed by atoms with E-state index in [0.717, 1.165) is 27.6 Å². The van der Waals surface area contributed by atoms with Crippen LogP contribution >= 0.6 is 0 Å². The van der Waals surface area contributed by atoms with E-state index in [1.54, 1.807) is 20.3 Å². The van der Waals surface area contributed by atoms with E-state index in [2.05, 4.69) is 16.4 Å². The highest BCUT2D eigenvalue weighted by Gasteiger charge is 2.14. The number of aromatic amines is 1. The number of carbonyl (C=O) groups excluding carboxylic acids is 1. The lowest BCUT2D eigenvalue weighted by Gasteiger charge is -2.13. The highest BCUT2D eigenvalue weighted by Crippen LogP contribution is 2.33. The summed E-state index contributed by atoms with van der Waals surface area (Å²) < 4.78 is 10.6. The normalized spacial score (nSPS) is 10.8. The minimum Gasteiger partial charge on any atom is -0.493 e. The van der Waals surface area contributed by atoms with Gasteiger partial charge in [0.2, 0.25) is 0 Å². The van der Waals surface area contributed by atoms with Crippen LogP contribution in [-0.2, 0) is 0 Å². The number of H-pyrrole nitrogens is 1. The Kier molecular flexibility index (Phi) is 4.40. The van der Waals surface area contributed by atoms with Crippen molar-refractivity contribution in [2.24, 2.45) is 0 Å². The third-order valence-corrected chi connectivity index (χ3v) is 4.31. The van der Waals surface area contributed by atoms with Gasteiger partial charge in [-0.15, -0.1) is 0 Å². The summed E-state index contributed by atoms with van der Waals surface area (Å²) in [6, 6.07) is 9.64. The lowest BCUT2D eigenvalue weighted by Crippen LogP contribution is -2.13. The van der Waals surface area contributed by atoms with Crippen LogP contribution in [0.4, 0.5) is 5.69 Å². The molecule has 1 amide bonds. The SMILES string of the molecule is COc1cc(C)c(NC(=O)c2cc3c(C)cc(C)cc3[nH]2)cc1OC. The Bertz CT molecular complexity index is 957. The van der Waals surface area contributed by atoms with Crippen molar-refractivity contribution in [2.75, 3.05) is 19.5 Å². The van der Waals surface area contributed by atoms with Gasteiger partial charge in [0.15, 0.2) is 11.5 Å². The topological polar surface area (TPSA) is 63.3 Å². The highest BCUT2D eigenvalue weighted by molar-refractivity contribution is 6.06. The number of nitrogens with one attached hydrogen (secondary N) is 2. The number of carbonyl (C=O) groups is 1. The van der Waals surface area contributed by atoms with Crippen molar-refractivity contribution in [1.29, 1.82) is 0 Å². The summed E-state index contributed by atoms with van der Waals surface area (Å²) in [5.74, 6) is 1.02. The lowest BCUT2D eigenvalue weighted by molar-refractivity contribution is 0.102. The van der Waals surface area contributed by atoms with E-state index < -0.39 is 0 Å². The third-order valence-electron chi connectivity index (χ3n) is 4.31. The van der Waals surface area contributed by atoms with Crippen LogP contribution in [0.2, 0.25) is 0 Å². The van der Waals surface area contributed by atoms with E-state index in [1.807, 2.05) is 39.0 Å². The molecule has 0 aliphatic rings. The molecule has 130 valence electrons. The van der Waals surface area contributed by atoms with E-state index in [1.165, 1.54) is 0 Å². The van der Waals surface area contributed by atoms with Crippen LogP contribution in [0.3, 0.4) is 0 Å². The molecule has 1 aromatic heterocycles. The predicted octanol–water partition coefficient (Wildman–Crippen LogP) is 4.36. The van der Waals surface area contributed by atoms with E-state index in [0.29, 0.717) is 22.9 Å². The Hall–Kier alpha value is -2.95. The van der Waals surface area contributed by atoms with Crippen molar-refractivity contribution in [3.63, 3.8) is 0 Å². The molecule has 1 heterocycles. The van der Waals surface area contributed by atoms with Crippen LogP contribution in [0.25, 0.3) is 10.9 Å². The molecule has 0 fully saturated rings. The molecule has 0 unspecified atom stereocenters. The van der Waals surface area contributed by atoms with Gasteiger partial charge < -0.3 is 19.8 Å². The molecule has 0 aliphatic carbocycles. The van der Waals surface area contributed by atoms with Gasteiger partial charge in [0, 0.05) is 22.7 Å². The fourth-order valence-corrected chi connectivity index (χ4v) is 3.03. The van der Waals surface area contributed by atoms with Crippen molar-refractivity contribution >= 4 is 22.5 Å². The molecule has 25 heavy (non-hydrogen) atoms. The van der Waals surface area contributed by atoms with Crippen molar-refractivity contribution in [3.05, 3.63) is 52.7 Å². The molecule has 5 heteroatoms. The summed E-state index contributed by atoms with van der Waals surface area (Å²) in [7, 11) is 3.16. The van der Waals surface area contributed by atoms with Crippen LogP contribution in [0.1, 0.15) is 27.2 Å². The molecule has 0 aliphatic heterocycles. The summed E-state index contributed by atoms with van der Waals surface area (Å²) in [5, 5.41) is 4.00. The van der Waals surface area contributed by atoms with Gasteiger partial charge >= 0.3 is 0 Å². The van der Waals surface area contributed by atoms with Gasteiger partial charge in [0.05, 0.1) is 14.2 Å².